The van der Waals surface area contributed by atoms with Gasteiger partial charge >= 0.3 is 0 Å². The third-order valence-corrected chi connectivity index (χ3v) is 3.17. The van der Waals surface area contributed by atoms with Crippen molar-refractivity contribution >= 4 is 33.5 Å². The number of aromatic nitrogens is 2. The summed E-state index contributed by atoms with van der Waals surface area (Å²) in [6, 6.07) is 5.44. The van der Waals surface area contributed by atoms with Crippen molar-refractivity contribution in [3.8, 4) is 11.6 Å². The number of hydrogen-bond donors (Lipinski definition) is 1. The molecule has 2 aromatic rings. The first-order valence-electron chi connectivity index (χ1n) is 5.80. The average Bonchev–Trinajstić information content (AvgIpc) is 2.37. The number of nitrogens with zero attached hydrogens (tertiary/aromatic N) is 2. The molecule has 1 N–H and O–H groups in total. The third-order valence-electron chi connectivity index (χ3n) is 2.39. The number of aryl methyl sites for hydroxylation is 1. The van der Waals surface area contributed by atoms with Crippen molar-refractivity contribution < 1.29 is 4.74 Å². The van der Waals surface area contributed by atoms with Gasteiger partial charge in [0.05, 0.1) is 10.7 Å². The number of ether oxygens (including phenoxy) is 1. The minimum absolute atomic E-state index is 0.469. The van der Waals surface area contributed by atoms with Gasteiger partial charge in [-0.3, -0.25) is 0 Å². The van der Waals surface area contributed by atoms with Crippen molar-refractivity contribution in [2.24, 2.45) is 0 Å². The van der Waals surface area contributed by atoms with Gasteiger partial charge in [0.25, 0.3) is 0 Å². The van der Waals surface area contributed by atoms with E-state index in [1.54, 1.807) is 12.3 Å². The quantitative estimate of drug-likeness (QED) is 0.893. The van der Waals surface area contributed by atoms with Gasteiger partial charge in [-0.05, 0) is 53.5 Å². The summed E-state index contributed by atoms with van der Waals surface area (Å²) < 4.78 is 6.48. The standard InChI is InChI=1S/C13H13BrClN3O/c1-3-16-13-17-7-10(14)12(18-13)19-11-5-4-9(15)6-8(11)2/h4-7H,3H2,1-2H3,(H,16,17,18). The zero-order valence-electron chi connectivity index (χ0n) is 10.6. The molecular formula is C13H13BrClN3O. The van der Waals surface area contributed by atoms with Crippen LogP contribution in [-0.2, 0) is 0 Å². The highest BCUT2D eigenvalue weighted by atomic mass is 79.9. The second-order valence-electron chi connectivity index (χ2n) is 3.89. The molecule has 1 aromatic carbocycles. The first-order valence-corrected chi connectivity index (χ1v) is 6.97. The zero-order chi connectivity index (χ0) is 13.8. The fourth-order valence-electron chi connectivity index (χ4n) is 1.50. The Hall–Kier alpha value is -1.33. The van der Waals surface area contributed by atoms with E-state index in [9.17, 15) is 0 Å². The van der Waals surface area contributed by atoms with E-state index in [0.29, 0.717) is 27.1 Å². The average molecular weight is 343 g/mol. The number of hydrogen-bond acceptors (Lipinski definition) is 4. The van der Waals surface area contributed by atoms with Gasteiger partial charge in [-0.2, -0.15) is 4.98 Å². The molecule has 0 aliphatic heterocycles. The minimum atomic E-state index is 0.469. The molecule has 100 valence electrons. The molecule has 0 aliphatic rings. The molecule has 0 bridgehead atoms. The van der Waals surface area contributed by atoms with Gasteiger partial charge in [0.15, 0.2) is 0 Å². The van der Waals surface area contributed by atoms with Gasteiger partial charge in [0.1, 0.15) is 5.75 Å². The summed E-state index contributed by atoms with van der Waals surface area (Å²) in [5.74, 6) is 1.72. The van der Waals surface area contributed by atoms with Crippen LogP contribution in [0.5, 0.6) is 11.6 Å². The van der Waals surface area contributed by atoms with E-state index in [0.717, 1.165) is 12.1 Å². The molecule has 0 saturated heterocycles. The number of benzene rings is 1. The topological polar surface area (TPSA) is 47.0 Å². The summed E-state index contributed by atoms with van der Waals surface area (Å²) in [4.78, 5) is 8.43. The smallest absolute Gasteiger partial charge is 0.238 e. The third kappa shape index (κ3) is 3.58. The molecule has 19 heavy (non-hydrogen) atoms. The van der Waals surface area contributed by atoms with Crippen LogP contribution >= 0.6 is 27.5 Å². The molecule has 0 aliphatic carbocycles. The largest absolute Gasteiger partial charge is 0.437 e. The van der Waals surface area contributed by atoms with E-state index >= 15 is 0 Å². The molecule has 2 rings (SSSR count). The molecular weight excluding hydrogens is 330 g/mol. The number of nitrogens with one attached hydrogen (secondary N) is 1. The van der Waals surface area contributed by atoms with Crippen LogP contribution in [0.15, 0.2) is 28.9 Å². The van der Waals surface area contributed by atoms with Crippen molar-refractivity contribution in [1.29, 1.82) is 0 Å². The first-order chi connectivity index (χ1) is 9.10. The van der Waals surface area contributed by atoms with Gasteiger partial charge in [-0.15, -0.1) is 0 Å². The molecule has 6 heteroatoms. The van der Waals surface area contributed by atoms with E-state index in [-0.39, 0.29) is 0 Å². The lowest BCUT2D eigenvalue weighted by atomic mass is 10.2. The zero-order valence-corrected chi connectivity index (χ0v) is 12.9. The fourth-order valence-corrected chi connectivity index (χ4v) is 2.00. The normalized spacial score (nSPS) is 10.3. The Morgan fingerprint density at radius 3 is 2.89 bits per heavy atom. The van der Waals surface area contributed by atoms with Crippen LogP contribution in [0.2, 0.25) is 5.02 Å². The van der Waals surface area contributed by atoms with Crippen molar-refractivity contribution in [3.05, 3.63) is 39.5 Å². The Balaban J connectivity index is 2.29. The molecule has 0 saturated carbocycles. The summed E-state index contributed by atoms with van der Waals surface area (Å²) in [7, 11) is 0. The second kappa shape index (κ2) is 6.21. The van der Waals surface area contributed by atoms with Crippen LogP contribution in [0, 0.1) is 6.92 Å². The van der Waals surface area contributed by atoms with Gasteiger partial charge in [-0.25, -0.2) is 4.98 Å². The maximum atomic E-state index is 5.92. The van der Waals surface area contributed by atoms with Crippen molar-refractivity contribution in [3.63, 3.8) is 0 Å². The van der Waals surface area contributed by atoms with Crippen LogP contribution in [-0.4, -0.2) is 16.5 Å². The Morgan fingerprint density at radius 1 is 1.42 bits per heavy atom. The van der Waals surface area contributed by atoms with Crippen molar-refractivity contribution in [1.82, 2.24) is 9.97 Å². The molecule has 0 fully saturated rings. The van der Waals surface area contributed by atoms with Gasteiger partial charge in [0, 0.05) is 11.6 Å². The van der Waals surface area contributed by atoms with Gasteiger partial charge < -0.3 is 10.1 Å². The van der Waals surface area contributed by atoms with E-state index in [1.807, 2.05) is 26.0 Å². The maximum absolute atomic E-state index is 5.92. The second-order valence-corrected chi connectivity index (χ2v) is 5.18. The lowest BCUT2D eigenvalue weighted by Gasteiger charge is -2.10. The summed E-state index contributed by atoms with van der Waals surface area (Å²) >= 11 is 9.29. The molecule has 1 aromatic heterocycles. The van der Waals surface area contributed by atoms with Crippen LogP contribution in [0.25, 0.3) is 0 Å². The number of halogens is 2. The fraction of sp³-hybridized carbons (Fsp3) is 0.231. The highest BCUT2D eigenvalue weighted by molar-refractivity contribution is 9.10. The monoisotopic (exact) mass is 341 g/mol. The Bertz CT molecular complexity index is 592. The summed E-state index contributed by atoms with van der Waals surface area (Å²) in [5.41, 5.74) is 0.947. The highest BCUT2D eigenvalue weighted by Gasteiger charge is 2.09. The summed E-state index contributed by atoms with van der Waals surface area (Å²) in [5, 5.41) is 3.72. The Labute approximate surface area is 125 Å². The molecule has 0 spiro atoms. The minimum Gasteiger partial charge on any atom is -0.437 e. The Kier molecular flexibility index (Phi) is 4.61. The molecule has 0 amide bonds. The van der Waals surface area contributed by atoms with Crippen LogP contribution in [0.4, 0.5) is 5.95 Å². The highest BCUT2D eigenvalue weighted by Crippen LogP contribution is 2.30. The SMILES string of the molecule is CCNc1ncc(Br)c(Oc2ccc(Cl)cc2C)n1. The Morgan fingerprint density at radius 2 is 2.21 bits per heavy atom. The number of rotatable bonds is 4. The first kappa shape index (κ1) is 14.1. The van der Waals surface area contributed by atoms with Crippen LogP contribution in [0.1, 0.15) is 12.5 Å². The van der Waals surface area contributed by atoms with Crippen molar-refractivity contribution in [2.45, 2.75) is 13.8 Å². The van der Waals surface area contributed by atoms with Crippen LogP contribution < -0.4 is 10.1 Å². The predicted molar refractivity (Wildman–Crippen MR) is 80.2 cm³/mol. The summed E-state index contributed by atoms with van der Waals surface area (Å²) in [6.07, 6.45) is 1.66. The molecule has 0 unspecified atom stereocenters. The lowest BCUT2D eigenvalue weighted by Crippen LogP contribution is -2.03. The van der Waals surface area contributed by atoms with E-state index in [2.05, 4.69) is 31.2 Å². The van der Waals surface area contributed by atoms with Crippen LogP contribution in [0.3, 0.4) is 0 Å². The van der Waals surface area contributed by atoms with Crippen molar-refractivity contribution in [2.75, 3.05) is 11.9 Å². The van der Waals surface area contributed by atoms with E-state index < -0.39 is 0 Å². The van der Waals surface area contributed by atoms with E-state index in [4.69, 9.17) is 16.3 Å². The van der Waals surface area contributed by atoms with Gasteiger partial charge in [-0.1, -0.05) is 11.6 Å². The summed E-state index contributed by atoms with van der Waals surface area (Å²) in [6.45, 7) is 4.66. The molecule has 4 nitrogen and oxygen atoms in total. The lowest BCUT2D eigenvalue weighted by molar-refractivity contribution is 0.455. The maximum Gasteiger partial charge on any atom is 0.238 e. The molecule has 1 heterocycles. The number of anilines is 1. The van der Waals surface area contributed by atoms with Gasteiger partial charge in [0.2, 0.25) is 11.8 Å². The predicted octanol–water partition coefficient (Wildman–Crippen LogP) is 4.43. The van der Waals surface area contributed by atoms with E-state index in [1.165, 1.54) is 0 Å². The molecule has 0 radical (unpaired) electrons. The molecule has 0 atom stereocenters.